The van der Waals surface area contributed by atoms with E-state index < -0.39 is 0 Å². The molecule has 0 spiro atoms. The van der Waals surface area contributed by atoms with Crippen molar-refractivity contribution in [2.45, 2.75) is 32.4 Å². The average Bonchev–Trinajstić information content (AvgIpc) is 2.64. The number of halogens is 1. The van der Waals surface area contributed by atoms with Gasteiger partial charge in [0.15, 0.2) is 0 Å². The summed E-state index contributed by atoms with van der Waals surface area (Å²) in [6.07, 6.45) is 2.74. The predicted molar refractivity (Wildman–Crippen MR) is 61.1 cm³/mol. The number of rotatable bonds is 2. The number of hydrogen-bond donors (Lipinski definition) is 0. The molecule has 2 heterocycles. The molecule has 0 aromatic carbocycles. The topological polar surface area (TPSA) is 3.24 Å². The summed E-state index contributed by atoms with van der Waals surface area (Å²) >= 11 is 5.34. The van der Waals surface area contributed by atoms with Crippen molar-refractivity contribution in [2.24, 2.45) is 0 Å². The van der Waals surface area contributed by atoms with Crippen LogP contribution in [0.15, 0.2) is 15.9 Å². The summed E-state index contributed by atoms with van der Waals surface area (Å²) in [4.78, 5) is 4.04. The number of thiophene rings is 1. The molecule has 1 aromatic heterocycles. The van der Waals surface area contributed by atoms with Gasteiger partial charge in [0.2, 0.25) is 0 Å². The fourth-order valence-electron chi connectivity index (χ4n) is 1.86. The van der Waals surface area contributed by atoms with E-state index in [1.54, 1.807) is 0 Å². The van der Waals surface area contributed by atoms with Crippen molar-refractivity contribution in [3.05, 3.63) is 20.8 Å². The van der Waals surface area contributed by atoms with E-state index in [4.69, 9.17) is 0 Å². The molecule has 3 heteroatoms. The molecule has 1 aromatic rings. The van der Waals surface area contributed by atoms with Crippen LogP contribution in [0.3, 0.4) is 0 Å². The number of nitrogens with zero attached hydrogens (tertiary/aromatic N) is 1. The van der Waals surface area contributed by atoms with Gasteiger partial charge in [0, 0.05) is 27.3 Å². The third-order valence-electron chi connectivity index (χ3n) is 2.67. The first-order chi connectivity index (χ1) is 6.25. The largest absolute Gasteiger partial charge is 0.296 e. The second-order valence-electron chi connectivity index (χ2n) is 3.69. The first-order valence-electron chi connectivity index (χ1n) is 4.72. The molecular formula is C10H14BrNS. The molecule has 0 bridgehead atoms. The fourth-order valence-corrected chi connectivity index (χ4v) is 3.34. The SMILES string of the molecule is CC1CCCN1Cc1cc(Br)cs1. The Morgan fingerprint density at radius 1 is 1.69 bits per heavy atom. The minimum absolute atomic E-state index is 0.779. The van der Waals surface area contributed by atoms with Crippen LogP contribution in [-0.2, 0) is 6.54 Å². The van der Waals surface area contributed by atoms with Gasteiger partial charge in [0.25, 0.3) is 0 Å². The molecule has 0 radical (unpaired) electrons. The van der Waals surface area contributed by atoms with Gasteiger partial charge in [-0.25, -0.2) is 0 Å². The van der Waals surface area contributed by atoms with E-state index >= 15 is 0 Å². The second kappa shape index (κ2) is 4.11. The lowest BCUT2D eigenvalue weighted by Crippen LogP contribution is -2.25. The van der Waals surface area contributed by atoms with Gasteiger partial charge in [0.1, 0.15) is 0 Å². The van der Waals surface area contributed by atoms with Crippen LogP contribution < -0.4 is 0 Å². The zero-order chi connectivity index (χ0) is 9.26. The average molecular weight is 260 g/mol. The smallest absolute Gasteiger partial charge is 0.0331 e. The lowest BCUT2D eigenvalue weighted by atomic mass is 10.2. The maximum Gasteiger partial charge on any atom is 0.0331 e. The number of likely N-dealkylation sites (tertiary alicyclic amines) is 1. The minimum atomic E-state index is 0.779. The van der Waals surface area contributed by atoms with Gasteiger partial charge in [0.05, 0.1) is 0 Å². The molecule has 0 aliphatic carbocycles. The summed E-state index contributed by atoms with van der Waals surface area (Å²) in [7, 11) is 0. The molecule has 0 saturated carbocycles. The molecule has 1 aliphatic rings. The van der Waals surface area contributed by atoms with Crippen LogP contribution in [0.5, 0.6) is 0 Å². The van der Waals surface area contributed by atoms with E-state index in [0.717, 1.165) is 12.6 Å². The van der Waals surface area contributed by atoms with E-state index in [9.17, 15) is 0 Å². The second-order valence-corrected chi connectivity index (χ2v) is 5.60. The molecule has 1 aliphatic heterocycles. The molecule has 1 nitrogen and oxygen atoms in total. The Morgan fingerprint density at radius 2 is 2.54 bits per heavy atom. The van der Waals surface area contributed by atoms with Gasteiger partial charge in [-0.2, -0.15) is 0 Å². The van der Waals surface area contributed by atoms with Crippen molar-refractivity contribution in [2.75, 3.05) is 6.54 Å². The molecule has 0 N–H and O–H groups in total. The molecule has 2 rings (SSSR count). The monoisotopic (exact) mass is 259 g/mol. The van der Waals surface area contributed by atoms with Crippen LogP contribution in [0.2, 0.25) is 0 Å². The van der Waals surface area contributed by atoms with Gasteiger partial charge in [-0.1, -0.05) is 0 Å². The number of hydrogen-bond acceptors (Lipinski definition) is 2. The summed E-state index contributed by atoms with van der Waals surface area (Å²) < 4.78 is 1.22. The summed E-state index contributed by atoms with van der Waals surface area (Å²) in [5, 5.41) is 2.16. The Labute approximate surface area is 91.9 Å². The van der Waals surface area contributed by atoms with Crippen molar-refractivity contribution in [3.63, 3.8) is 0 Å². The summed E-state index contributed by atoms with van der Waals surface area (Å²) in [6.45, 7) is 4.74. The van der Waals surface area contributed by atoms with E-state index in [2.05, 4.69) is 39.2 Å². The van der Waals surface area contributed by atoms with E-state index in [-0.39, 0.29) is 0 Å². The third-order valence-corrected chi connectivity index (χ3v) is 4.35. The first-order valence-corrected chi connectivity index (χ1v) is 6.40. The van der Waals surface area contributed by atoms with E-state index in [1.807, 2.05) is 11.3 Å². The van der Waals surface area contributed by atoms with Crippen LogP contribution in [0.25, 0.3) is 0 Å². The zero-order valence-electron chi connectivity index (χ0n) is 7.79. The van der Waals surface area contributed by atoms with Crippen LogP contribution in [0.4, 0.5) is 0 Å². The molecule has 1 saturated heterocycles. The van der Waals surface area contributed by atoms with Crippen LogP contribution in [0, 0.1) is 0 Å². The Kier molecular flexibility index (Phi) is 3.06. The highest BCUT2D eigenvalue weighted by Gasteiger charge is 2.20. The van der Waals surface area contributed by atoms with Gasteiger partial charge in [-0.3, -0.25) is 4.90 Å². The normalized spacial score (nSPS) is 24.0. The molecule has 1 atom stereocenters. The molecule has 13 heavy (non-hydrogen) atoms. The third kappa shape index (κ3) is 2.33. The summed E-state index contributed by atoms with van der Waals surface area (Å²) in [5.41, 5.74) is 0. The summed E-state index contributed by atoms with van der Waals surface area (Å²) in [6, 6.07) is 3.01. The zero-order valence-corrected chi connectivity index (χ0v) is 10.2. The van der Waals surface area contributed by atoms with E-state index in [1.165, 1.54) is 28.7 Å². The first kappa shape index (κ1) is 9.69. The van der Waals surface area contributed by atoms with Gasteiger partial charge in [-0.15, -0.1) is 11.3 Å². The lowest BCUT2D eigenvalue weighted by molar-refractivity contribution is 0.262. The van der Waals surface area contributed by atoms with Crippen LogP contribution in [0.1, 0.15) is 24.6 Å². The maximum absolute atomic E-state index is 3.49. The highest BCUT2D eigenvalue weighted by molar-refractivity contribution is 9.10. The molecule has 0 amide bonds. The van der Waals surface area contributed by atoms with Gasteiger partial charge >= 0.3 is 0 Å². The Morgan fingerprint density at radius 3 is 3.08 bits per heavy atom. The molecule has 1 fully saturated rings. The van der Waals surface area contributed by atoms with Gasteiger partial charge in [-0.05, 0) is 48.3 Å². The van der Waals surface area contributed by atoms with Crippen molar-refractivity contribution in [1.29, 1.82) is 0 Å². The standard InChI is InChI=1S/C10H14BrNS/c1-8-3-2-4-12(8)6-10-5-9(11)7-13-10/h5,7-8H,2-4,6H2,1H3. The Balaban J connectivity index is 1.97. The molecule has 1 unspecified atom stereocenters. The molecule has 72 valence electrons. The van der Waals surface area contributed by atoms with E-state index in [0.29, 0.717) is 0 Å². The highest BCUT2D eigenvalue weighted by atomic mass is 79.9. The van der Waals surface area contributed by atoms with Crippen molar-refractivity contribution in [3.8, 4) is 0 Å². The highest BCUT2D eigenvalue weighted by Crippen LogP contribution is 2.24. The van der Waals surface area contributed by atoms with Crippen LogP contribution >= 0.6 is 27.3 Å². The van der Waals surface area contributed by atoms with Gasteiger partial charge < -0.3 is 0 Å². The maximum atomic E-state index is 3.49. The summed E-state index contributed by atoms with van der Waals surface area (Å²) in [5.74, 6) is 0. The Hall–Kier alpha value is 0.140. The van der Waals surface area contributed by atoms with Crippen molar-refractivity contribution in [1.82, 2.24) is 4.90 Å². The quantitative estimate of drug-likeness (QED) is 0.786. The predicted octanol–water partition coefficient (Wildman–Crippen LogP) is 3.49. The van der Waals surface area contributed by atoms with Crippen molar-refractivity contribution >= 4 is 27.3 Å². The Bertz CT molecular complexity index is 284. The molecular weight excluding hydrogens is 246 g/mol. The minimum Gasteiger partial charge on any atom is -0.296 e. The van der Waals surface area contributed by atoms with Crippen LogP contribution in [-0.4, -0.2) is 17.5 Å². The lowest BCUT2D eigenvalue weighted by Gasteiger charge is -2.19. The van der Waals surface area contributed by atoms with Crippen molar-refractivity contribution < 1.29 is 0 Å². The fraction of sp³-hybridized carbons (Fsp3) is 0.600.